The lowest BCUT2D eigenvalue weighted by Gasteiger charge is -2.21. The minimum absolute atomic E-state index is 0.0564. The van der Waals surface area contributed by atoms with E-state index in [1.807, 2.05) is 6.07 Å². The van der Waals surface area contributed by atoms with E-state index in [-0.39, 0.29) is 16.9 Å². The minimum Gasteiger partial charge on any atom is -0.381 e. The Morgan fingerprint density at radius 2 is 1.91 bits per heavy atom. The smallest absolute Gasteiger partial charge is 0.264 e. The van der Waals surface area contributed by atoms with E-state index >= 15 is 0 Å². The average molecular weight is 493 g/mol. The number of benzene rings is 2. The van der Waals surface area contributed by atoms with Crippen LogP contribution in [0.25, 0.3) is 22.1 Å². The van der Waals surface area contributed by atoms with Crippen LogP contribution in [0.3, 0.4) is 0 Å². The predicted octanol–water partition coefficient (Wildman–Crippen LogP) is 4.41. The Hall–Kier alpha value is -3.88. The van der Waals surface area contributed by atoms with Crippen LogP contribution in [0.2, 0.25) is 10.0 Å². The highest BCUT2D eigenvalue weighted by atomic mass is 35.5. The fraction of sp³-hybridized carbons (Fsp3) is 0.0833. The fourth-order valence-corrected chi connectivity index (χ4v) is 4.45. The number of anilines is 1. The lowest BCUT2D eigenvalue weighted by atomic mass is 10.1. The number of aromatic nitrogens is 4. The summed E-state index contributed by atoms with van der Waals surface area (Å²) < 4.78 is 2.94. The van der Waals surface area contributed by atoms with E-state index in [1.165, 1.54) is 9.08 Å². The van der Waals surface area contributed by atoms with Crippen LogP contribution in [-0.2, 0) is 0 Å². The number of nitrogens with two attached hydrogens (primary N) is 1. The van der Waals surface area contributed by atoms with Gasteiger partial charge in [-0.1, -0.05) is 41.4 Å². The molecule has 34 heavy (non-hydrogen) atoms. The molecular formula is C24H18Cl2N6O2. The Labute approximate surface area is 203 Å². The molecule has 5 aromatic rings. The Morgan fingerprint density at radius 3 is 2.71 bits per heavy atom. The van der Waals surface area contributed by atoms with Gasteiger partial charge in [-0.3, -0.25) is 14.2 Å². The van der Waals surface area contributed by atoms with Gasteiger partial charge in [0, 0.05) is 23.1 Å². The molecule has 0 aliphatic heterocycles. The van der Waals surface area contributed by atoms with Crippen molar-refractivity contribution in [2.45, 2.75) is 13.0 Å². The number of carbonyl (C=O) groups is 1. The number of pyridine rings is 1. The van der Waals surface area contributed by atoms with Crippen molar-refractivity contribution >= 4 is 51.3 Å². The first-order valence-corrected chi connectivity index (χ1v) is 11.1. The molecule has 3 heterocycles. The molecule has 5 rings (SSSR count). The molecule has 8 nitrogen and oxygen atoms in total. The molecule has 0 unspecified atom stereocenters. The van der Waals surface area contributed by atoms with Gasteiger partial charge in [-0.15, -0.1) is 5.10 Å². The van der Waals surface area contributed by atoms with Crippen LogP contribution in [-0.4, -0.2) is 25.1 Å². The number of nitrogen functional groups attached to an aromatic ring is 1. The number of amides is 1. The van der Waals surface area contributed by atoms with Crippen molar-refractivity contribution in [1.29, 1.82) is 0 Å². The standard InChI is InChI=1S/C24H18Cl2N6O2/c1-13(29-23(33)20-21(27)30-31-10-4-9-28-22(20)31)18-11-14-5-2-8-17(26)19(14)24(34)32(18)16-7-3-6-15(25)12-16/h2-13H,1H3,(H2,27,30)(H,29,33)/t13-/m0/s1. The van der Waals surface area contributed by atoms with E-state index in [1.54, 1.807) is 67.8 Å². The Morgan fingerprint density at radius 1 is 1.12 bits per heavy atom. The van der Waals surface area contributed by atoms with Gasteiger partial charge in [-0.25, -0.2) is 9.50 Å². The molecule has 0 spiro atoms. The summed E-state index contributed by atoms with van der Waals surface area (Å²) in [7, 11) is 0. The van der Waals surface area contributed by atoms with E-state index < -0.39 is 11.9 Å². The zero-order valence-corrected chi connectivity index (χ0v) is 19.4. The normalized spacial score (nSPS) is 12.2. The molecule has 0 saturated heterocycles. The lowest BCUT2D eigenvalue weighted by molar-refractivity contribution is 0.0941. The van der Waals surface area contributed by atoms with E-state index in [0.29, 0.717) is 37.8 Å². The first-order valence-electron chi connectivity index (χ1n) is 10.3. The first-order chi connectivity index (χ1) is 16.3. The summed E-state index contributed by atoms with van der Waals surface area (Å²) in [6.45, 7) is 1.78. The van der Waals surface area contributed by atoms with Crippen molar-refractivity contribution in [3.8, 4) is 5.69 Å². The number of fused-ring (bicyclic) bond motifs is 2. The maximum absolute atomic E-state index is 13.6. The number of nitrogens with one attached hydrogen (secondary N) is 1. The molecule has 0 aliphatic rings. The summed E-state index contributed by atoms with van der Waals surface area (Å²) in [6, 6.07) is 15.1. The van der Waals surface area contributed by atoms with Crippen LogP contribution in [0, 0.1) is 0 Å². The minimum atomic E-state index is -0.597. The van der Waals surface area contributed by atoms with Crippen LogP contribution in [0.1, 0.15) is 29.0 Å². The topological polar surface area (TPSA) is 107 Å². The molecule has 170 valence electrons. The summed E-state index contributed by atoms with van der Waals surface area (Å²) >= 11 is 12.6. The van der Waals surface area contributed by atoms with Gasteiger partial charge in [0.05, 0.1) is 22.1 Å². The van der Waals surface area contributed by atoms with E-state index in [0.717, 1.165) is 0 Å². The monoisotopic (exact) mass is 492 g/mol. The van der Waals surface area contributed by atoms with Gasteiger partial charge < -0.3 is 11.1 Å². The van der Waals surface area contributed by atoms with Gasteiger partial charge in [-0.05, 0) is 48.7 Å². The summed E-state index contributed by atoms with van der Waals surface area (Å²) in [6.07, 6.45) is 3.21. The zero-order valence-electron chi connectivity index (χ0n) is 17.9. The second-order valence-electron chi connectivity index (χ2n) is 7.74. The molecule has 2 aromatic carbocycles. The van der Waals surface area contributed by atoms with Crippen LogP contribution in [0.5, 0.6) is 0 Å². The highest BCUT2D eigenvalue weighted by molar-refractivity contribution is 6.35. The average Bonchev–Trinajstić information content (AvgIpc) is 3.14. The summed E-state index contributed by atoms with van der Waals surface area (Å²) in [4.78, 5) is 31.0. The SMILES string of the molecule is C[C@H](NC(=O)c1c(N)nn2cccnc12)c1cc2cccc(Cl)c2c(=O)n1-c1cccc(Cl)c1. The molecule has 3 N–H and O–H groups in total. The highest BCUT2D eigenvalue weighted by Gasteiger charge is 2.24. The lowest BCUT2D eigenvalue weighted by Crippen LogP contribution is -2.32. The zero-order chi connectivity index (χ0) is 24.0. The Bertz CT molecular complexity index is 1640. The van der Waals surface area contributed by atoms with Crippen molar-refractivity contribution in [2.75, 3.05) is 5.73 Å². The van der Waals surface area contributed by atoms with Crippen molar-refractivity contribution in [2.24, 2.45) is 0 Å². The molecule has 0 fully saturated rings. The van der Waals surface area contributed by atoms with Crippen LogP contribution >= 0.6 is 23.2 Å². The van der Waals surface area contributed by atoms with Crippen molar-refractivity contribution in [3.63, 3.8) is 0 Å². The third-order valence-corrected chi connectivity index (χ3v) is 6.08. The Balaban J connectivity index is 1.65. The number of halogens is 2. The predicted molar refractivity (Wildman–Crippen MR) is 133 cm³/mol. The van der Waals surface area contributed by atoms with E-state index in [9.17, 15) is 9.59 Å². The summed E-state index contributed by atoms with van der Waals surface area (Å²) in [5.74, 6) is -0.407. The van der Waals surface area contributed by atoms with Crippen molar-refractivity contribution in [1.82, 2.24) is 24.5 Å². The number of carbonyl (C=O) groups excluding carboxylic acids is 1. The number of rotatable bonds is 4. The van der Waals surface area contributed by atoms with E-state index in [2.05, 4.69) is 15.4 Å². The third kappa shape index (κ3) is 3.67. The summed E-state index contributed by atoms with van der Waals surface area (Å²) in [5, 5.41) is 8.91. The maximum atomic E-state index is 13.6. The largest absolute Gasteiger partial charge is 0.381 e. The second-order valence-corrected chi connectivity index (χ2v) is 8.58. The van der Waals surface area contributed by atoms with Crippen molar-refractivity contribution in [3.05, 3.63) is 98.6 Å². The fourth-order valence-electron chi connectivity index (χ4n) is 4.00. The first kappa shape index (κ1) is 21.9. The number of hydrogen-bond donors (Lipinski definition) is 2. The van der Waals surface area contributed by atoms with Crippen LogP contribution in [0.15, 0.2) is 71.8 Å². The van der Waals surface area contributed by atoms with Crippen LogP contribution in [0.4, 0.5) is 5.82 Å². The van der Waals surface area contributed by atoms with Gasteiger partial charge in [0.1, 0.15) is 5.56 Å². The van der Waals surface area contributed by atoms with Gasteiger partial charge in [0.25, 0.3) is 11.5 Å². The van der Waals surface area contributed by atoms with Gasteiger partial charge in [0.15, 0.2) is 11.5 Å². The summed E-state index contributed by atoms with van der Waals surface area (Å²) in [5.41, 5.74) is 7.27. The van der Waals surface area contributed by atoms with Gasteiger partial charge >= 0.3 is 0 Å². The molecule has 1 amide bonds. The molecular weight excluding hydrogens is 475 g/mol. The van der Waals surface area contributed by atoms with Gasteiger partial charge in [0.2, 0.25) is 0 Å². The number of hydrogen-bond acceptors (Lipinski definition) is 5. The molecule has 3 aromatic heterocycles. The molecule has 10 heteroatoms. The quantitative estimate of drug-likeness (QED) is 0.386. The molecule has 0 saturated carbocycles. The molecule has 0 aliphatic carbocycles. The van der Waals surface area contributed by atoms with E-state index in [4.69, 9.17) is 28.9 Å². The Kier molecular flexibility index (Phi) is 5.47. The third-order valence-electron chi connectivity index (χ3n) is 5.53. The highest BCUT2D eigenvalue weighted by Crippen LogP contribution is 2.27. The van der Waals surface area contributed by atoms with Gasteiger partial charge in [-0.2, -0.15) is 0 Å². The second kappa shape index (κ2) is 8.48. The van der Waals surface area contributed by atoms with Crippen molar-refractivity contribution < 1.29 is 4.79 Å². The van der Waals surface area contributed by atoms with Crippen LogP contribution < -0.4 is 16.6 Å². The molecule has 0 bridgehead atoms. The maximum Gasteiger partial charge on any atom is 0.264 e. The molecule has 1 atom stereocenters. The number of nitrogens with zero attached hydrogens (tertiary/aromatic N) is 4. The molecule has 0 radical (unpaired) electrons.